The van der Waals surface area contributed by atoms with E-state index in [0.29, 0.717) is 62.4 Å². The van der Waals surface area contributed by atoms with Crippen molar-refractivity contribution in [1.82, 2.24) is 34.9 Å². The van der Waals surface area contributed by atoms with Crippen LogP contribution >= 0.6 is 0 Å². The molecule has 2 saturated heterocycles. The molecule has 1 aromatic carbocycles. The molecule has 12 nitrogen and oxygen atoms in total. The SMILES string of the molecule is C=CC(=O)N1CCN(c2nc(OCN3CCCC3C)nc3c2CN(C(=O)c2cccc4cn[nH]c24)C3)C[C@@H]1CC#N. The lowest BCUT2D eigenvalue weighted by Crippen LogP contribution is -2.55. The number of para-hydroxylation sites is 1. The summed E-state index contributed by atoms with van der Waals surface area (Å²) in [5, 5.41) is 17.4. The Kier molecular flexibility index (Phi) is 7.28. The minimum Gasteiger partial charge on any atom is -0.447 e. The Morgan fingerprint density at radius 3 is 2.90 bits per heavy atom. The van der Waals surface area contributed by atoms with Gasteiger partial charge in [0.1, 0.15) is 12.5 Å². The highest BCUT2D eigenvalue weighted by molar-refractivity contribution is 6.05. The summed E-state index contributed by atoms with van der Waals surface area (Å²) in [4.78, 5) is 43.6. The van der Waals surface area contributed by atoms with Crippen molar-refractivity contribution in [3.63, 3.8) is 0 Å². The Morgan fingerprint density at radius 1 is 1.24 bits per heavy atom. The molecule has 6 rings (SSSR count). The fourth-order valence-corrected chi connectivity index (χ4v) is 6.06. The van der Waals surface area contributed by atoms with Gasteiger partial charge < -0.3 is 19.4 Å². The zero-order valence-corrected chi connectivity index (χ0v) is 23.1. The van der Waals surface area contributed by atoms with Crippen LogP contribution in [0.2, 0.25) is 0 Å². The third-order valence-electron chi connectivity index (χ3n) is 8.35. The van der Waals surface area contributed by atoms with Crippen LogP contribution in [0.1, 0.15) is 47.8 Å². The van der Waals surface area contributed by atoms with E-state index in [-0.39, 0.29) is 30.3 Å². The molecule has 0 spiro atoms. The van der Waals surface area contributed by atoms with Gasteiger partial charge >= 0.3 is 6.01 Å². The smallest absolute Gasteiger partial charge is 0.320 e. The average Bonchev–Trinajstić information content (AvgIpc) is 3.74. The van der Waals surface area contributed by atoms with Crippen molar-refractivity contribution >= 4 is 28.5 Å². The summed E-state index contributed by atoms with van der Waals surface area (Å²) >= 11 is 0. The number of nitrogens with zero attached hydrogens (tertiary/aromatic N) is 8. The molecule has 2 fully saturated rings. The Labute approximate surface area is 238 Å². The molecule has 3 aliphatic heterocycles. The van der Waals surface area contributed by atoms with Crippen LogP contribution in [0, 0.1) is 11.3 Å². The van der Waals surface area contributed by atoms with Gasteiger partial charge in [-0.25, -0.2) is 0 Å². The molecule has 0 saturated carbocycles. The lowest BCUT2D eigenvalue weighted by Gasteiger charge is -2.41. The highest BCUT2D eigenvalue weighted by Crippen LogP contribution is 2.34. The summed E-state index contributed by atoms with van der Waals surface area (Å²) in [5.74, 6) is 0.371. The van der Waals surface area contributed by atoms with E-state index in [1.165, 1.54) is 6.08 Å². The number of piperazine rings is 1. The van der Waals surface area contributed by atoms with Crippen molar-refractivity contribution in [3.05, 3.63) is 53.9 Å². The number of carbonyl (C=O) groups excluding carboxylic acids is 2. The second-order valence-electron chi connectivity index (χ2n) is 10.8. The van der Waals surface area contributed by atoms with E-state index in [2.05, 4.69) is 39.6 Å². The number of amides is 2. The lowest BCUT2D eigenvalue weighted by atomic mass is 10.1. The molecule has 3 aliphatic rings. The molecule has 0 aliphatic carbocycles. The lowest BCUT2D eigenvalue weighted by molar-refractivity contribution is -0.128. The van der Waals surface area contributed by atoms with E-state index >= 15 is 0 Å². The van der Waals surface area contributed by atoms with Gasteiger partial charge in [0.05, 0.1) is 54.6 Å². The van der Waals surface area contributed by atoms with Gasteiger partial charge in [-0.05, 0) is 31.9 Å². The van der Waals surface area contributed by atoms with Gasteiger partial charge in [-0.2, -0.15) is 20.3 Å². The van der Waals surface area contributed by atoms with E-state index in [1.807, 2.05) is 12.1 Å². The third-order valence-corrected chi connectivity index (χ3v) is 8.35. The van der Waals surface area contributed by atoms with E-state index in [1.54, 1.807) is 22.1 Å². The van der Waals surface area contributed by atoms with E-state index in [9.17, 15) is 14.9 Å². The molecule has 41 heavy (non-hydrogen) atoms. The molecule has 0 bridgehead atoms. The van der Waals surface area contributed by atoms with Crippen LogP contribution in [0.4, 0.5) is 5.82 Å². The summed E-state index contributed by atoms with van der Waals surface area (Å²) in [6.07, 6.45) is 5.45. The summed E-state index contributed by atoms with van der Waals surface area (Å²) in [7, 11) is 0. The molecule has 5 heterocycles. The Hall–Kier alpha value is -4.50. The van der Waals surface area contributed by atoms with Gasteiger partial charge in [-0.3, -0.25) is 19.6 Å². The van der Waals surface area contributed by atoms with E-state index in [0.717, 1.165) is 36.0 Å². The fraction of sp³-hybridized carbons (Fsp3) is 0.448. The van der Waals surface area contributed by atoms with Gasteiger partial charge in [0.2, 0.25) is 5.91 Å². The Morgan fingerprint density at radius 2 is 2.12 bits per heavy atom. The van der Waals surface area contributed by atoms with Crippen LogP contribution in [0.15, 0.2) is 37.1 Å². The number of aromatic amines is 1. The van der Waals surface area contributed by atoms with Crippen molar-refractivity contribution < 1.29 is 14.3 Å². The quantitative estimate of drug-likeness (QED) is 0.436. The van der Waals surface area contributed by atoms with E-state index < -0.39 is 0 Å². The predicted octanol–water partition coefficient (Wildman–Crippen LogP) is 2.45. The summed E-state index contributed by atoms with van der Waals surface area (Å²) in [5.41, 5.74) is 2.85. The second kappa shape index (κ2) is 11.2. The molecular formula is C29H33N9O3. The van der Waals surface area contributed by atoms with Crippen molar-refractivity contribution in [2.75, 3.05) is 37.8 Å². The van der Waals surface area contributed by atoms with Crippen molar-refractivity contribution in [3.8, 4) is 12.1 Å². The minimum atomic E-state index is -0.309. The number of ether oxygens (including phenoxy) is 1. The molecule has 12 heteroatoms. The summed E-state index contributed by atoms with van der Waals surface area (Å²) < 4.78 is 6.13. The fourth-order valence-electron chi connectivity index (χ4n) is 6.06. The van der Waals surface area contributed by atoms with Crippen molar-refractivity contribution in [2.45, 2.75) is 51.4 Å². The third kappa shape index (κ3) is 5.09. The topological polar surface area (TPSA) is 135 Å². The second-order valence-corrected chi connectivity index (χ2v) is 10.8. The molecule has 2 amide bonds. The van der Waals surface area contributed by atoms with Gasteiger partial charge in [-0.1, -0.05) is 18.7 Å². The van der Waals surface area contributed by atoms with Crippen LogP contribution in [0.3, 0.4) is 0 Å². The highest BCUT2D eigenvalue weighted by atomic mass is 16.5. The number of hydrogen-bond acceptors (Lipinski definition) is 9. The number of rotatable bonds is 7. The highest BCUT2D eigenvalue weighted by Gasteiger charge is 2.36. The van der Waals surface area contributed by atoms with Crippen molar-refractivity contribution in [1.29, 1.82) is 5.26 Å². The largest absolute Gasteiger partial charge is 0.447 e. The van der Waals surface area contributed by atoms with E-state index in [4.69, 9.17) is 14.7 Å². The zero-order valence-electron chi connectivity index (χ0n) is 23.1. The molecule has 0 radical (unpaired) electrons. The number of nitrogens with one attached hydrogen (secondary N) is 1. The first kappa shape index (κ1) is 26.7. The monoisotopic (exact) mass is 555 g/mol. The number of likely N-dealkylation sites (tertiary alicyclic amines) is 1. The number of aromatic nitrogens is 4. The number of H-pyrrole nitrogens is 1. The number of nitriles is 1. The molecule has 2 atom stereocenters. The number of benzene rings is 1. The number of hydrogen-bond donors (Lipinski definition) is 1. The molecular weight excluding hydrogens is 522 g/mol. The summed E-state index contributed by atoms with van der Waals surface area (Å²) in [6.45, 7) is 9.21. The van der Waals surface area contributed by atoms with Gasteiger partial charge in [0.15, 0.2) is 0 Å². The predicted molar refractivity (Wildman–Crippen MR) is 151 cm³/mol. The normalized spacial score (nSPS) is 20.7. The maximum atomic E-state index is 13.7. The van der Waals surface area contributed by atoms with Crippen LogP contribution in [-0.4, -0.2) is 91.7 Å². The zero-order chi connectivity index (χ0) is 28.5. The van der Waals surface area contributed by atoms with Gasteiger partial charge in [0.25, 0.3) is 5.91 Å². The molecule has 3 aromatic rings. The maximum absolute atomic E-state index is 13.7. The average molecular weight is 556 g/mol. The van der Waals surface area contributed by atoms with Crippen LogP contribution < -0.4 is 9.64 Å². The van der Waals surface area contributed by atoms with Gasteiger partial charge in [0, 0.05) is 43.2 Å². The Balaban J connectivity index is 1.30. The molecule has 212 valence electrons. The van der Waals surface area contributed by atoms with Crippen LogP contribution in [-0.2, 0) is 17.9 Å². The first-order chi connectivity index (χ1) is 20.0. The number of fused-ring (bicyclic) bond motifs is 2. The molecule has 2 aromatic heterocycles. The van der Waals surface area contributed by atoms with Crippen LogP contribution in [0.25, 0.3) is 10.9 Å². The first-order valence-electron chi connectivity index (χ1n) is 14.0. The van der Waals surface area contributed by atoms with Crippen molar-refractivity contribution in [2.24, 2.45) is 0 Å². The summed E-state index contributed by atoms with van der Waals surface area (Å²) in [6, 6.07) is 8.17. The molecule has 1 N–H and O–H groups in total. The molecule has 1 unspecified atom stereocenters. The van der Waals surface area contributed by atoms with Crippen LogP contribution in [0.5, 0.6) is 6.01 Å². The standard InChI is InChI=1S/C29H33N9O3/c1-3-25(39)38-13-12-35(15-21(38)9-10-30)27-23-16-37(28(40)22-8-4-7-20-14-31-34-26(20)22)17-24(23)32-29(33-27)41-18-36-11-5-6-19(36)2/h3-4,7-8,14,19,21H,1,5-6,9,11-13,15-18H2,2H3,(H,31,34)/t19?,21-/m0/s1. The minimum absolute atomic E-state index is 0.124. The van der Waals surface area contributed by atoms with Gasteiger partial charge in [-0.15, -0.1) is 0 Å². The number of anilines is 1. The Bertz CT molecular complexity index is 1530. The maximum Gasteiger partial charge on any atom is 0.320 e. The number of carbonyl (C=O) groups is 2. The first-order valence-corrected chi connectivity index (χ1v) is 14.0.